The van der Waals surface area contributed by atoms with Crippen molar-refractivity contribution in [1.29, 1.82) is 0 Å². The Kier molecular flexibility index (Phi) is 3.43. The minimum atomic E-state index is -0.374. The Morgan fingerprint density at radius 2 is 2.00 bits per heavy atom. The summed E-state index contributed by atoms with van der Waals surface area (Å²) in [6.45, 7) is 2.88. The van der Waals surface area contributed by atoms with Crippen LogP contribution in [0.25, 0.3) is 10.2 Å². The van der Waals surface area contributed by atoms with Gasteiger partial charge >= 0.3 is 0 Å². The largest absolute Gasteiger partial charge is 0.367 e. The van der Waals surface area contributed by atoms with Crippen LogP contribution in [0.3, 0.4) is 0 Å². The van der Waals surface area contributed by atoms with Crippen LogP contribution in [-0.2, 0) is 23.2 Å². The second-order valence-electron chi connectivity index (χ2n) is 6.27. The van der Waals surface area contributed by atoms with Crippen molar-refractivity contribution in [1.82, 2.24) is 9.97 Å². The number of halogens is 1. The lowest BCUT2D eigenvalue weighted by Gasteiger charge is -2.32. The number of aryl methyl sites for hydroxylation is 2. The van der Waals surface area contributed by atoms with E-state index in [4.69, 9.17) is 21.3 Å². The minimum absolute atomic E-state index is 0.374. The molecule has 2 aliphatic rings. The zero-order valence-electron chi connectivity index (χ0n) is 12.2. The highest BCUT2D eigenvalue weighted by Gasteiger charge is 2.34. The monoisotopic (exact) mass is 322 g/mol. The van der Waals surface area contributed by atoms with Crippen molar-refractivity contribution >= 4 is 33.2 Å². The van der Waals surface area contributed by atoms with E-state index in [9.17, 15) is 0 Å². The van der Waals surface area contributed by atoms with Crippen LogP contribution in [0.4, 0.5) is 0 Å². The number of rotatable bonds is 1. The number of nitrogens with zero attached hydrogens (tertiary/aromatic N) is 2. The van der Waals surface area contributed by atoms with E-state index in [1.807, 2.05) is 0 Å². The molecule has 0 N–H and O–H groups in total. The number of aromatic nitrogens is 2. The van der Waals surface area contributed by atoms with Crippen molar-refractivity contribution in [3.05, 3.63) is 21.4 Å². The summed E-state index contributed by atoms with van der Waals surface area (Å²) in [7, 11) is 0. The molecule has 3 heterocycles. The summed E-state index contributed by atoms with van der Waals surface area (Å²) >= 11 is 8.32. The van der Waals surface area contributed by atoms with Crippen LogP contribution >= 0.6 is 22.9 Å². The van der Waals surface area contributed by atoms with Gasteiger partial charge in [-0.25, -0.2) is 9.97 Å². The van der Waals surface area contributed by atoms with E-state index in [-0.39, 0.29) is 5.60 Å². The molecule has 112 valence electrons. The molecule has 0 aromatic carbocycles. The molecule has 1 aliphatic carbocycles. The van der Waals surface area contributed by atoms with Gasteiger partial charge in [-0.05, 0) is 57.4 Å². The molecule has 0 radical (unpaired) electrons. The normalized spacial score (nSPS) is 26.0. The first-order valence-electron chi connectivity index (χ1n) is 7.80. The third-order valence-electron chi connectivity index (χ3n) is 4.71. The van der Waals surface area contributed by atoms with Crippen LogP contribution in [0.5, 0.6) is 0 Å². The molecule has 5 heteroatoms. The minimum Gasteiger partial charge on any atom is -0.367 e. The molecular weight excluding hydrogens is 304 g/mol. The van der Waals surface area contributed by atoms with Crippen LogP contribution in [-0.4, -0.2) is 16.6 Å². The molecule has 1 unspecified atom stereocenters. The number of ether oxygens (including phenoxy) is 1. The van der Waals surface area contributed by atoms with Gasteiger partial charge in [-0.1, -0.05) is 11.6 Å². The summed E-state index contributed by atoms with van der Waals surface area (Å²) < 4.78 is 5.98. The molecule has 0 spiro atoms. The summed E-state index contributed by atoms with van der Waals surface area (Å²) in [5, 5.41) is 1.71. The lowest BCUT2D eigenvalue weighted by atomic mass is 9.94. The second kappa shape index (κ2) is 5.18. The Labute approximate surface area is 133 Å². The Morgan fingerprint density at radius 1 is 1.14 bits per heavy atom. The Morgan fingerprint density at radius 3 is 2.81 bits per heavy atom. The smallest absolute Gasteiger partial charge is 0.163 e. The van der Waals surface area contributed by atoms with Gasteiger partial charge in [-0.3, -0.25) is 0 Å². The molecule has 0 amide bonds. The number of hydrogen-bond donors (Lipinski definition) is 0. The molecule has 3 nitrogen and oxygen atoms in total. The van der Waals surface area contributed by atoms with Crippen molar-refractivity contribution < 1.29 is 4.74 Å². The summed E-state index contributed by atoms with van der Waals surface area (Å²) in [6.07, 6.45) is 8.06. The molecule has 1 fully saturated rings. The molecule has 4 rings (SSSR count). The van der Waals surface area contributed by atoms with E-state index in [2.05, 4.69) is 11.9 Å². The highest BCUT2D eigenvalue weighted by Crippen LogP contribution is 2.41. The van der Waals surface area contributed by atoms with Crippen molar-refractivity contribution in [3.63, 3.8) is 0 Å². The predicted molar refractivity (Wildman–Crippen MR) is 86.2 cm³/mol. The molecular formula is C16H19ClN2OS. The fourth-order valence-corrected chi connectivity index (χ4v) is 5.06. The van der Waals surface area contributed by atoms with Gasteiger partial charge in [0.05, 0.1) is 5.39 Å². The topological polar surface area (TPSA) is 35.0 Å². The third-order valence-corrected chi connectivity index (χ3v) is 6.17. The van der Waals surface area contributed by atoms with E-state index in [0.29, 0.717) is 5.15 Å². The van der Waals surface area contributed by atoms with Gasteiger partial charge in [-0.2, -0.15) is 0 Å². The van der Waals surface area contributed by atoms with Crippen LogP contribution in [0.1, 0.15) is 55.3 Å². The number of thiophene rings is 1. The van der Waals surface area contributed by atoms with Crippen molar-refractivity contribution in [3.8, 4) is 0 Å². The van der Waals surface area contributed by atoms with Crippen LogP contribution in [0, 0.1) is 0 Å². The maximum atomic E-state index is 6.52. The molecule has 2 aromatic rings. The molecule has 0 saturated carbocycles. The maximum Gasteiger partial charge on any atom is 0.163 e. The van der Waals surface area contributed by atoms with Crippen LogP contribution in [0.2, 0.25) is 5.15 Å². The Hall–Kier alpha value is -0.710. The summed E-state index contributed by atoms with van der Waals surface area (Å²) in [5.74, 6) is 0.762. The van der Waals surface area contributed by atoms with Crippen molar-refractivity contribution in [2.45, 2.75) is 57.5 Å². The van der Waals surface area contributed by atoms with E-state index in [0.717, 1.165) is 54.8 Å². The van der Waals surface area contributed by atoms with E-state index < -0.39 is 0 Å². The molecule has 1 aliphatic heterocycles. The van der Waals surface area contributed by atoms with E-state index in [1.54, 1.807) is 11.3 Å². The molecule has 1 saturated heterocycles. The Bertz CT molecular complexity index is 691. The fraction of sp³-hybridized carbons (Fsp3) is 0.625. The first kappa shape index (κ1) is 13.9. The van der Waals surface area contributed by atoms with Crippen LogP contribution < -0.4 is 0 Å². The SMILES string of the molecule is CC1(c2nc(Cl)c3c4c(sc3n2)CCCC4)CCCCO1. The van der Waals surface area contributed by atoms with Gasteiger partial charge in [0.1, 0.15) is 15.6 Å². The van der Waals surface area contributed by atoms with Crippen molar-refractivity contribution in [2.24, 2.45) is 0 Å². The second-order valence-corrected chi connectivity index (χ2v) is 7.71. The highest BCUT2D eigenvalue weighted by molar-refractivity contribution is 7.19. The lowest BCUT2D eigenvalue weighted by molar-refractivity contribution is -0.0758. The quantitative estimate of drug-likeness (QED) is 0.717. The van der Waals surface area contributed by atoms with Crippen molar-refractivity contribution in [2.75, 3.05) is 6.61 Å². The first-order valence-corrected chi connectivity index (χ1v) is 8.99. The highest BCUT2D eigenvalue weighted by atomic mass is 35.5. The first-order chi connectivity index (χ1) is 10.2. The van der Waals surface area contributed by atoms with Gasteiger partial charge in [0.25, 0.3) is 0 Å². The molecule has 21 heavy (non-hydrogen) atoms. The zero-order chi connectivity index (χ0) is 14.4. The standard InChI is InChI=1S/C16H19ClN2OS/c1-16(8-4-5-9-20-16)15-18-13(17)12-10-6-2-3-7-11(10)21-14(12)19-15/h2-9H2,1H3. The van der Waals surface area contributed by atoms with Crippen LogP contribution in [0.15, 0.2) is 0 Å². The Balaban J connectivity index is 1.85. The van der Waals surface area contributed by atoms with E-state index in [1.165, 1.54) is 23.3 Å². The molecule has 1 atom stereocenters. The average Bonchev–Trinajstić information content (AvgIpc) is 2.87. The third kappa shape index (κ3) is 2.28. The fourth-order valence-electron chi connectivity index (χ4n) is 3.46. The summed E-state index contributed by atoms with van der Waals surface area (Å²) in [6, 6.07) is 0. The maximum absolute atomic E-state index is 6.52. The van der Waals surface area contributed by atoms with Gasteiger partial charge < -0.3 is 4.74 Å². The average molecular weight is 323 g/mol. The summed E-state index contributed by atoms with van der Waals surface area (Å²) in [4.78, 5) is 12.0. The molecule has 2 aromatic heterocycles. The predicted octanol–water partition coefficient (Wildman–Crippen LogP) is 4.64. The van der Waals surface area contributed by atoms with Gasteiger partial charge in [0, 0.05) is 11.5 Å². The zero-order valence-corrected chi connectivity index (χ0v) is 13.8. The van der Waals surface area contributed by atoms with E-state index >= 15 is 0 Å². The summed E-state index contributed by atoms with van der Waals surface area (Å²) in [5.41, 5.74) is 1.02. The lowest BCUT2D eigenvalue weighted by Crippen LogP contribution is -2.32. The van der Waals surface area contributed by atoms with Gasteiger partial charge in [0.2, 0.25) is 0 Å². The number of fused-ring (bicyclic) bond motifs is 3. The van der Waals surface area contributed by atoms with Gasteiger partial charge in [-0.15, -0.1) is 11.3 Å². The molecule has 0 bridgehead atoms. The van der Waals surface area contributed by atoms with Gasteiger partial charge in [0.15, 0.2) is 5.82 Å². The number of hydrogen-bond acceptors (Lipinski definition) is 4.